The lowest BCUT2D eigenvalue weighted by Gasteiger charge is -2.36. The highest BCUT2D eigenvalue weighted by molar-refractivity contribution is 5.79. The third-order valence-electron chi connectivity index (χ3n) is 5.30. The summed E-state index contributed by atoms with van der Waals surface area (Å²) >= 11 is 0. The van der Waals surface area contributed by atoms with E-state index in [1.165, 1.54) is 5.56 Å². The fourth-order valence-electron chi connectivity index (χ4n) is 3.82. The van der Waals surface area contributed by atoms with Crippen molar-refractivity contribution in [3.8, 4) is 0 Å². The van der Waals surface area contributed by atoms with Gasteiger partial charge in [-0.05, 0) is 51.8 Å². The lowest BCUT2D eigenvalue weighted by atomic mass is 9.93. The Balaban J connectivity index is 1.41. The summed E-state index contributed by atoms with van der Waals surface area (Å²) in [5.41, 5.74) is 6.92. The Labute approximate surface area is 155 Å². The molecule has 1 aromatic heterocycles. The molecule has 0 aliphatic carbocycles. The van der Waals surface area contributed by atoms with Gasteiger partial charge in [0.2, 0.25) is 5.91 Å². The summed E-state index contributed by atoms with van der Waals surface area (Å²) in [5, 5.41) is 0. The maximum Gasteiger partial charge on any atom is 0.282 e. The van der Waals surface area contributed by atoms with Gasteiger partial charge in [0.1, 0.15) is 0 Å². The molecule has 26 heavy (non-hydrogen) atoms. The molecule has 0 bridgehead atoms. The van der Waals surface area contributed by atoms with Crippen LogP contribution in [0, 0.1) is 5.92 Å². The van der Waals surface area contributed by atoms with Gasteiger partial charge in [0.15, 0.2) is 0 Å². The number of rotatable bonds is 5. The van der Waals surface area contributed by atoms with E-state index in [-0.39, 0.29) is 18.0 Å². The molecular formula is C19H30N4O3. The molecule has 0 unspecified atom stereocenters. The van der Waals surface area contributed by atoms with E-state index in [2.05, 4.69) is 9.89 Å². The lowest BCUT2D eigenvalue weighted by molar-refractivity contribution is -0.138. The smallest absolute Gasteiger partial charge is 0.282 e. The predicted molar refractivity (Wildman–Crippen MR) is 99.6 cm³/mol. The molecule has 2 aliphatic heterocycles. The summed E-state index contributed by atoms with van der Waals surface area (Å²) in [6.45, 7) is 6.79. The quantitative estimate of drug-likeness (QED) is 0.638. The maximum absolute atomic E-state index is 12.8. The average Bonchev–Trinajstić information content (AvgIpc) is 3.16. The van der Waals surface area contributed by atoms with E-state index in [9.17, 15) is 4.79 Å². The van der Waals surface area contributed by atoms with Gasteiger partial charge in [0, 0.05) is 31.1 Å². The molecule has 1 aromatic rings. The molecule has 3 heterocycles. The first-order valence-corrected chi connectivity index (χ1v) is 9.64. The van der Waals surface area contributed by atoms with Crippen molar-refractivity contribution in [2.45, 2.75) is 45.2 Å². The van der Waals surface area contributed by atoms with E-state index < -0.39 is 0 Å². The minimum Gasteiger partial charge on any atom is -0.472 e. The van der Waals surface area contributed by atoms with Crippen LogP contribution in [0.3, 0.4) is 0 Å². The van der Waals surface area contributed by atoms with E-state index in [1.54, 1.807) is 12.5 Å². The number of nitrogens with two attached hydrogens (primary N) is 1. The van der Waals surface area contributed by atoms with E-state index in [4.69, 9.17) is 14.9 Å². The van der Waals surface area contributed by atoms with Crippen LogP contribution in [0.2, 0.25) is 0 Å². The number of likely N-dealkylation sites (tertiary alicyclic amines) is 2. The van der Waals surface area contributed by atoms with Crippen LogP contribution < -0.4 is 5.73 Å². The standard InChI is InChI=1S/C19H30N4O3/c1-2-26-19(20)21-17-5-10-23(11-6-17)18(24)16-3-8-22(9-4-16)13-15-7-12-25-14-15/h7,12,14,16-17H,2-6,8-11,13H2,1H3,(H2,20,21). The van der Waals surface area contributed by atoms with Crippen molar-refractivity contribution < 1.29 is 13.9 Å². The van der Waals surface area contributed by atoms with Crippen molar-refractivity contribution in [1.82, 2.24) is 9.80 Å². The number of ether oxygens (including phenoxy) is 1. The van der Waals surface area contributed by atoms with E-state index in [1.807, 2.05) is 17.9 Å². The number of amidine groups is 1. The summed E-state index contributed by atoms with van der Waals surface area (Å²) in [6.07, 6.45) is 7.10. The minimum absolute atomic E-state index is 0.157. The van der Waals surface area contributed by atoms with Crippen molar-refractivity contribution in [3.63, 3.8) is 0 Å². The highest BCUT2D eigenvalue weighted by Crippen LogP contribution is 2.23. The number of furan rings is 1. The Bertz CT molecular complexity index is 586. The second-order valence-corrected chi connectivity index (χ2v) is 7.14. The summed E-state index contributed by atoms with van der Waals surface area (Å²) in [7, 11) is 0. The molecule has 7 nitrogen and oxygen atoms in total. The number of hydrogen-bond acceptors (Lipinski definition) is 5. The zero-order valence-corrected chi connectivity index (χ0v) is 15.6. The van der Waals surface area contributed by atoms with Crippen LogP contribution >= 0.6 is 0 Å². The van der Waals surface area contributed by atoms with Crippen LogP contribution in [0.25, 0.3) is 0 Å². The predicted octanol–water partition coefficient (Wildman–Crippen LogP) is 1.83. The third-order valence-corrected chi connectivity index (χ3v) is 5.30. The Hall–Kier alpha value is -2.02. The Morgan fingerprint density at radius 2 is 2.00 bits per heavy atom. The van der Waals surface area contributed by atoms with E-state index in [0.29, 0.717) is 12.5 Å². The van der Waals surface area contributed by atoms with Gasteiger partial charge in [-0.25, -0.2) is 4.99 Å². The zero-order valence-electron chi connectivity index (χ0n) is 15.6. The van der Waals surface area contributed by atoms with Crippen molar-refractivity contribution in [1.29, 1.82) is 0 Å². The molecule has 0 spiro atoms. The molecule has 144 valence electrons. The van der Waals surface area contributed by atoms with E-state index in [0.717, 1.165) is 58.4 Å². The zero-order chi connectivity index (χ0) is 18.4. The molecule has 7 heteroatoms. The van der Waals surface area contributed by atoms with Crippen LogP contribution in [-0.4, -0.2) is 60.6 Å². The van der Waals surface area contributed by atoms with Crippen molar-refractivity contribution in [2.24, 2.45) is 16.6 Å². The highest BCUT2D eigenvalue weighted by Gasteiger charge is 2.31. The number of carbonyl (C=O) groups excluding carboxylic acids is 1. The monoisotopic (exact) mass is 362 g/mol. The second kappa shape index (κ2) is 9.07. The van der Waals surface area contributed by atoms with Crippen LogP contribution in [0.5, 0.6) is 0 Å². The molecular weight excluding hydrogens is 332 g/mol. The van der Waals surface area contributed by atoms with E-state index >= 15 is 0 Å². The van der Waals surface area contributed by atoms with Crippen molar-refractivity contribution in [2.75, 3.05) is 32.8 Å². The molecule has 2 fully saturated rings. The molecule has 3 rings (SSSR count). The first kappa shape index (κ1) is 18.8. The fraction of sp³-hybridized carbons (Fsp3) is 0.684. The number of carbonyl (C=O) groups is 1. The largest absolute Gasteiger partial charge is 0.472 e. The Morgan fingerprint density at radius 1 is 1.27 bits per heavy atom. The van der Waals surface area contributed by atoms with Crippen molar-refractivity contribution >= 4 is 11.9 Å². The molecule has 2 saturated heterocycles. The minimum atomic E-state index is 0.157. The fourth-order valence-corrected chi connectivity index (χ4v) is 3.82. The second-order valence-electron chi connectivity index (χ2n) is 7.14. The average molecular weight is 362 g/mol. The van der Waals surface area contributed by atoms with Gasteiger partial charge in [0.05, 0.1) is 25.2 Å². The van der Waals surface area contributed by atoms with Gasteiger partial charge in [0.25, 0.3) is 6.02 Å². The number of hydrogen-bond donors (Lipinski definition) is 1. The van der Waals surface area contributed by atoms with Gasteiger partial charge in [-0.1, -0.05) is 0 Å². The first-order valence-electron chi connectivity index (χ1n) is 9.64. The first-order chi connectivity index (χ1) is 12.7. The molecule has 0 aromatic carbocycles. The number of aliphatic imine (C=N–C) groups is 1. The maximum atomic E-state index is 12.8. The van der Waals surface area contributed by atoms with Crippen LogP contribution in [0.15, 0.2) is 28.0 Å². The van der Waals surface area contributed by atoms with Crippen molar-refractivity contribution in [3.05, 3.63) is 24.2 Å². The highest BCUT2D eigenvalue weighted by atomic mass is 16.5. The van der Waals surface area contributed by atoms with Gasteiger partial charge < -0.3 is 19.8 Å². The summed E-state index contributed by atoms with van der Waals surface area (Å²) < 4.78 is 10.3. The molecule has 1 amide bonds. The number of amides is 1. The topological polar surface area (TPSA) is 84.3 Å². The Kier molecular flexibility index (Phi) is 6.55. The normalized spacial score (nSPS) is 21.1. The summed E-state index contributed by atoms with van der Waals surface area (Å²) in [6, 6.07) is 2.44. The van der Waals surface area contributed by atoms with Gasteiger partial charge in [-0.2, -0.15) is 0 Å². The van der Waals surface area contributed by atoms with Gasteiger partial charge in [-0.3, -0.25) is 9.69 Å². The lowest BCUT2D eigenvalue weighted by Crippen LogP contribution is -2.46. The van der Waals surface area contributed by atoms with Crippen LogP contribution in [0.1, 0.15) is 38.2 Å². The Morgan fingerprint density at radius 3 is 2.62 bits per heavy atom. The summed E-state index contributed by atoms with van der Waals surface area (Å²) in [4.78, 5) is 21.6. The van der Waals surface area contributed by atoms with Crippen LogP contribution in [-0.2, 0) is 16.1 Å². The molecule has 2 N–H and O–H groups in total. The molecule has 0 atom stereocenters. The summed E-state index contributed by atoms with van der Waals surface area (Å²) in [5.74, 6) is 0.470. The molecule has 0 saturated carbocycles. The molecule has 2 aliphatic rings. The third kappa shape index (κ3) is 5.00. The number of nitrogens with zero attached hydrogens (tertiary/aromatic N) is 3. The number of piperidine rings is 2. The molecule has 0 radical (unpaired) electrons. The van der Waals surface area contributed by atoms with Crippen LogP contribution in [0.4, 0.5) is 0 Å². The van der Waals surface area contributed by atoms with Gasteiger partial charge in [-0.15, -0.1) is 0 Å². The SMILES string of the molecule is CCOC(N)=NC1CCN(C(=O)C2CCN(Cc3ccoc3)CC2)CC1. The van der Waals surface area contributed by atoms with Gasteiger partial charge >= 0.3 is 0 Å².